The second kappa shape index (κ2) is 8.33. The van der Waals surface area contributed by atoms with Crippen molar-refractivity contribution in [2.75, 3.05) is 11.1 Å². The van der Waals surface area contributed by atoms with Gasteiger partial charge >= 0.3 is 0 Å². The lowest BCUT2D eigenvalue weighted by molar-refractivity contribution is -0.113. The molecular weight excluding hydrogens is 394 g/mol. The summed E-state index contributed by atoms with van der Waals surface area (Å²) in [5, 5.41) is 3.99. The predicted octanol–water partition coefficient (Wildman–Crippen LogP) is 4.44. The molecule has 0 aliphatic carbocycles. The summed E-state index contributed by atoms with van der Waals surface area (Å²) in [6, 6.07) is 16.6. The van der Waals surface area contributed by atoms with Gasteiger partial charge in [-0.1, -0.05) is 23.4 Å². The molecule has 0 aliphatic rings. The van der Waals surface area contributed by atoms with E-state index in [4.69, 9.17) is 11.6 Å². The Morgan fingerprint density at radius 2 is 1.46 bits per heavy atom. The van der Waals surface area contributed by atoms with Crippen molar-refractivity contribution in [3.63, 3.8) is 0 Å². The molecule has 0 aliphatic heterocycles. The van der Waals surface area contributed by atoms with Crippen LogP contribution in [0.25, 0.3) is 11.6 Å². The van der Waals surface area contributed by atoms with E-state index in [1.54, 1.807) is 24.3 Å². The first kappa shape index (κ1) is 18.3. The smallest absolute Gasteiger partial charge is 0.234 e. The third-order valence-corrected chi connectivity index (χ3v) is 4.98. The zero-order chi connectivity index (χ0) is 19.3. The van der Waals surface area contributed by atoms with Crippen molar-refractivity contribution in [2.45, 2.75) is 5.16 Å². The molecule has 6 nitrogen and oxygen atoms in total. The molecule has 0 bridgehead atoms. The van der Waals surface area contributed by atoms with Gasteiger partial charge < -0.3 is 14.5 Å². The highest BCUT2D eigenvalue weighted by Crippen LogP contribution is 2.20. The van der Waals surface area contributed by atoms with Crippen LogP contribution in [0.1, 0.15) is 0 Å². The number of thioether (sulfide) groups is 1. The van der Waals surface area contributed by atoms with Crippen LogP contribution in [0, 0.1) is 0 Å². The highest BCUT2D eigenvalue weighted by Gasteiger charge is 2.10. The van der Waals surface area contributed by atoms with Gasteiger partial charge in [-0.2, -0.15) is 0 Å². The molecule has 3 aromatic heterocycles. The number of hydrogen-bond acceptors (Lipinski definition) is 4. The van der Waals surface area contributed by atoms with Crippen molar-refractivity contribution in [1.29, 1.82) is 0 Å². The number of nitrogens with one attached hydrogen (secondary N) is 1. The topological polar surface area (TPSA) is 64.7 Å². The maximum absolute atomic E-state index is 12.3. The van der Waals surface area contributed by atoms with E-state index in [9.17, 15) is 4.79 Å². The summed E-state index contributed by atoms with van der Waals surface area (Å²) >= 11 is 7.15. The Labute approximate surface area is 171 Å². The number of benzene rings is 1. The van der Waals surface area contributed by atoms with Gasteiger partial charge in [-0.25, -0.2) is 9.97 Å². The molecular formula is C20H16ClN5OS. The Morgan fingerprint density at radius 3 is 2.00 bits per heavy atom. The zero-order valence-corrected chi connectivity index (χ0v) is 16.3. The summed E-state index contributed by atoms with van der Waals surface area (Å²) in [5.41, 5.74) is 0.699. The fourth-order valence-corrected chi connectivity index (χ4v) is 3.34. The van der Waals surface area contributed by atoms with Crippen LogP contribution >= 0.6 is 23.4 Å². The Bertz CT molecular complexity index is 1010. The first-order chi connectivity index (χ1) is 13.7. The molecule has 28 heavy (non-hydrogen) atoms. The maximum Gasteiger partial charge on any atom is 0.234 e. The SMILES string of the molecule is O=C(CSc1nc(-n2cccc2)cc(-n2cccc2)n1)Nc1ccc(Cl)cc1. The van der Waals surface area contributed by atoms with Crippen molar-refractivity contribution in [3.05, 3.63) is 84.4 Å². The summed E-state index contributed by atoms with van der Waals surface area (Å²) in [6.07, 6.45) is 7.68. The third-order valence-electron chi connectivity index (χ3n) is 3.88. The van der Waals surface area contributed by atoms with Gasteiger partial charge in [0.2, 0.25) is 5.91 Å². The average Bonchev–Trinajstić information content (AvgIpc) is 3.42. The van der Waals surface area contributed by atoms with Gasteiger partial charge in [-0.15, -0.1) is 0 Å². The molecule has 0 atom stereocenters. The lowest BCUT2D eigenvalue weighted by Crippen LogP contribution is -2.14. The van der Waals surface area contributed by atoms with Gasteiger partial charge in [0.15, 0.2) is 5.16 Å². The molecule has 3 heterocycles. The second-order valence-corrected chi connectivity index (χ2v) is 7.27. The monoisotopic (exact) mass is 409 g/mol. The van der Waals surface area contributed by atoms with Crippen LogP contribution < -0.4 is 5.32 Å². The number of halogens is 1. The molecule has 1 N–H and O–H groups in total. The van der Waals surface area contributed by atoms with Crippen LogP contribution in [0.3, 0.4) is 0 Å². The van der Waals surface area contributed by atoms with E-state index in [1.165, 1.54) is 11.8 Å². The number of carbonyl (C=O) groups is 1. The van der Waals surface area contributed by atoms with Crippen molar-refractivity contribution >= 4 is 35.0 Å². The summed E-state index contributed by atoms with van der Waals surface area (Å²) in [6.45, 7) is 0. The normalized spacial score (nSPS) is 10.8. The van der Waals surface area contributed by atoms with Gasteiger partial charge in [0.05, 0.1) is 5.75 Å². The minimum absolute atomic E-state index is 0.134. The molecule has 0 fully saturated rings. The zero-order valence-electron chi connectivity index (χ0n) is 14.7. The van der Waals surface area contributed by atoms with E-state index < -0.39 is 0 Å². The molecule has 0 saturated heterocycles. The van der Waals surface area contributed by atoms with Gasteiger partial charge in [-0.3, -0.25) is 4.79 Å². The largest absolute Gasteiger partial charge is 0.325 e. The van der Waals surface area contributed by atoms with Crippen LogP contribution in [0.5, 0.6) is 0 Å². The van der Waals surface area contributed by atoms with Crippen LogP contribution in [0.2, 0.25) is 5.02 Å². The fraction of sp³-hybridized carbons (Fsp3) is 0.0500. The van der Waals surface area contributed by atoms with Gasteiger partial charge in [0, 0.05) is 41.6 Å². The predicted molar refractivity (Wildman–Crippen MR) is 111 cm³/mol. The first-order valence-corrected chi connectivity index (χ1v) is 9.88. The molecule has 0 radical (unpaired) electrons. The standard InChI is InChI=1S/C20H16ClN5OS/c21-15-5-7-16(8-6-15)22-19(27)14-28-20-23-17(25-9-1-2-10-25)13-18(24-20)26-11-3-4-12-26/h1-13H,14H2,(H,22,27). The lowest BCUT2D eigenvalue weighted by atomic mass is 10.3. The van der Waals surface area contributed by atoms with E-state index in [-0.39, 0.29) is 11.7 Å². The van der Waals surface area contributed by atoms with Crippen molar-refractivity contribution in [1.82, 2.24) is 19.1 Å². The lowest BCUT2D eigenvalue weighted by Gasteiger charge is -2.10. The van der Waals surface area contributed by atoms with E-state index >= 15 is 0 Å². The Hall–Kier alpha value is -3.03. The summed E-state index contributed by atoms with van der Waals surface area (Å²) in [4.78, 5) is 21.4. The van der Waals surface area contributed by atoms with Crippen molar-refractivity contribution < 1.29 is 4.79 Å². The summed E-state index contributed by atoms with van der Waals surface area (Å²) < 4.78 is 3.82. The number of rotatable bonds is 6. The molecule has 0 unspecified atom stereocenters. The van der Waals surface area contributed by atoms with Crippen molar-refractivity contribution in [3.8, 4) is 11.6 Å². The first-order valence-electron chi connectivity index (χ1n) is 8.51. The highest BCUT2D eigenvalue weighted by molar-refractivity contribution is 7.99. The van der Waals surface area contributed by atoms with E-state index in [0.29, 0.717) is 15.9 Å². The number of hydrogen-bond donors (Lipinski definition) is 1. The van der Waals surface area contributed by atoms with Crippen LogP contribution in [-0.4, -0.2) is 30.8 Å². The highest BCUT2D eigenvalue weighted by atomic mass is 35.5. The van der Waals surface area contributed by atoms with Gasteiger partial charge in [0.1, 0.15) is 11.6 Å². The molecule has 1 aromatic carbocycles. The second-order valence-electron chi connectivity index (χ2n) is 5.89. The van der Waals surface area contributed by atoms with Crippen molar-refractivity contribution in [2.24, 2.45) is 0 Å². The summed E-state index contributed by atoms with van der Waals surface area (Å²) in [7, 11) is 0. The molecule has 0 spiro atoms. The van der Waals surface area contributed by atoms with Gasteiger partial charge in [0.25, 0.3) is 0 Å². The maximum atomic E-state index is 12.3. The number of aromatic nitrogens is 4. The summed E-state index contributed by atoms with van der Waals surface area (Å²) in [5.74, 6) is 1.54. The van der Waals surface area contributed by atoms with Crippen LogP contribution in [0.4, 0.5) is 5.69 Å². The Kier molecular flexibility index (Phi) is 5.45. The number of carbonyl (C=O) groups excluding carboxylic acids is 1. The minimum atomic E-state index is -0.134. The minimum Gasteiger partial charge on any atom is -0.325 e. The molecule has 1 amide bonds. The van der Waals surface area contributed by atoms with E-state index in [0.717, 1.165) is 11.6 Å². The van der Waals surface area contributed by atoms with E-state index in [1.807, 2.05) is 64.3 Å². The van der Waals surface area contributed by atoms with E-state index in [2.05, 4.69) is 15.3 Å². The van der Waals surface area contributed by atoms with Crippen LogP contribution in [0.15, 0.2) is 84.5 Å². The fourth-order valence-electron chi connectivity index (χ4n) is 2.56. The number of nitrogens with zero attached hydrogens (tertiary/aromatic N) is 4. The van der Waals surface area contributed by atoms with Gasteiger partial charge in [-0.05, 0) is 48.5 Å². The molecule has 4 aromatic rings. The number of anilines is 1. The molecule has 0 saturated carbocycles. The Balaban J connectivity index is 1.51. The molecule has 8 heteroatoms. The Morgan fingerprint density at radius 1 is 0.929 bits per heavy atom. The molecule has 140 valence electrons. The number of amides is 1. The van der Waals surface area contributed by atoms with Crippen LogP contribution in [-0.2, 0) is 4.79 Å². The quantitative estimate of drug-likeness (QED) is 0.377. The average molecular weight is 410 g/mol. The molecule has 4 rings (SSSR count). The third kappa shape index (κ3) is 4.44.